The zero-order valence-electron chi connectivity index (χ0n) is 10.8. The Kier molecular flexibility index (Phi) is 9.06. The molecule has 0 saturated carbocycles. The van der Waals surface area contributed by atoms with Gasteiger partial charge in [-0.15, -0.1) is 0 Å². The average molecular weight is 216 g/mol. The number of hydrogen-bond donors (Lipinski definition) is 1. The Morgan fingerprint density at radius 1 is 1.27 bits per heavy atom. The van der Waals surface area contributed by atoms with Crippen LogP contribution in [-0.4, -0.2) is 43.8 Å². The minimum Gasteiger partial charge on any atom is -0.385 e. The first-order valence-electron chi connectivity index (χ1n) is 6.15. The van der Waals surface area contributed by atoms with Crippen LogP contribution in [0.4, 0.5) is 0 Å². The molecule has 3 nitrogen and oxygen atoms in total. The molecular formula is C12H28N2O. The maximum absolute atomic E-state index is 5.67. The van der Waals surface area contributed by atoms with Crippen molar-refractivity contribution in [3.05, 3.63) is 0 Å². The summed E-state index contributed by atoms with van der Waals surface area (Å²) in [6.07, 6.45) is 3.49. The first-order valence-corrected chi connectivity index (χ1v) is 6.15. The summed E-state index contributed by atoms with van der Waals surface area (Å²) in [6.45, 7) is 9.35. The highest BCUT2D eigenvalue weighted by Crippen LogP contribution is 2.14. The minimum absolute atomic E-state index is 0.568. The van der Waals surface area contributed by atoms with E-state index >= 15 is 0 Å². The maximum atomic E-state index is 5.67. The molecule has 15 heavy (non-hydrogen) atoms. The van der Waals surface area contributed by atoms with Gasteiger partial charge in [-0.25, -0.2) is 0 Å². The molecule has 0 aliphatic rings. The van der Waals surface area contributed by atoms with Gasteiger partial charge in [-0.3, -0.25) is 4.90 Å². The van der Waals surface area contributed by atoms with Crippen molar-refractivity contribution in [2.45, 2.75) is 52.1 Å². The Labute approximate surface area is 95.0 Å². The van der Waals surface area contributed by atoms with Crippen LogP contribution in [0.3, 0.4) is 0 Å². The lowest BCUT2D eigenvalue weighted by atomic mass is 10.1. The normalized spacial score (nSPS) is 13.8. The molecule has 0 saturated heterocycles. The topological polar surface area (TPSA) is 38.5 Å². The number of ether oxygens (including phenoxy) is 1. The van der Waals surface area contributed by atoms with Crippen LogP contribution in [0, 0.1) is 0 Å². The van der Waals surface area contributed by atoms with E-state index in [-0.39, 0.29) is 0 Å². The predicted molar refractivity (Wildman–Crippen MR) is 66.1 cm³/mol. The number of methoxy groups -OCH3 is 1. The van der Waals surface area contributed by atoms with Gasteiger partial charge in [-0.2, -0.15) is 0 Å². The van der Waals surface area contributed by atoms with Gasteiger partial charge >= 0.3 is 0 Å². The lowest BCUT2D eigenvalue weighted by Gasteiger charge is -2.35. The lowest BCUT2D eigenvalue weighted by Crippen LogP contribution is -2.44. The lowest BCUT2D eigenvalue weighted by molar-refractivity contribution is 0.102. The van der Waals surface area contributed by atoms with E-state index in [1.54, 1.807) is 7.11 Å². The molecule has 0 spiro atoms. The van der Waals surface area contributed by atoms with Crippen LogP contribution in [0.2, 0.25) is 0 Å². The van der Waals surface area contributed by atoms with Crippen LogP contribution >= 0.6 is 0 Å². The molecule has 1 atom stereocenters. The van der Waals surface area contributed by atoms with Gasteiger partial charge in [0.15, 0.2) is 0 Å². The Bertz CT molecular complexity index is 138. The van der Waals surface area contributed by atoms with Crippen LogP contribution in [0.25, 0.3) is 0 Å². The van der Waals surface area contributed by atoms with E-state index in [1.807, 2.05) is 0 Å². The van der Waals surface area contributed by atoms with E-state index in [0.29, 0.717) is 12.1 Å². The van der Waals surface area contributed by atoms with Crippen molar-refractivity contribution in [1.29, 1.82) is 0 Å². The van der Waals surface area contributed by atoms with E-state index in [2.05, 4.69) is 25.7 Å². The molecule has 0 aromatic heterocycles. The van der Waals surface area contributed by atoms with Crippen LogP contribution in [0.1, 0.15) is 40.0 Å². The Hall–Kier alpha value is -0.120. The largest absolute Gasteiger partial charge is 0.385 e. The van der Waals surface area contributed by atoms with Gasteiger partial charge in [0.25, 0.3) is 0 Å². The van der Waals surface area contributed by atoms with Crippen LogP contribution < -0.4 is 5.73 Å². The highest BCUT2D eigenvalue weighted by Gasteiger charge is 2.19. The van der Waals surface area contributed by atoms with Crippen molar-refractivity contribution in [3.8, 4) is 0 Å². The average Bonchev–Trinajstić information content (AvgIpc) is 2.26. The molecule has 0 aromatic carbocycles. The molecule has 0 aliphatic carbocycles. The van der Waals surface area contributed by atoms with E-state index in [4.69, 9.17) is 10.5 Å². The summed E-state index contributed by atoms with van der Waals surface area (Å²) < 4.78 is 5.13. The molecule has 92 valence electrons. The molecule has 0 heterocycles. The van der Waals surface area contributed by atoms with E-state index in [0.717, 1.165) is 26.1 Å². The molecule has 0 aromatic rings. The second-order valence-corrected chi connectivity index (χ2v) is 4.13. The summed E-state index contributed by atoms with van der Waals surface area (Å²) in [5, 5.41) is 0. The second kappa shape index (κ2) is 9.13. The van der Waals surface area contributed by atoms with Crippen LogP contribution in [-0.2, 0) is 4.74 Å². The Morgan fingerprint density at radius 3 is 2.27 bits per heavy atom. The second-order valence-electron chi connectivity index (χ2n) is 4.13. The number of nitrogens with zero attached hydrogens (tertiary/aromatic N) is 1. The summed E-state index contributed by atoms with van der Waals surface area (Å²) in [5.74, 6) is 0. The summed E-state index contributed by atoms with van der Waals surface area (Å²) >= 11 is 0. The Morgan fingerprint density at radius 2 is 1.87 bits per heavy atom. The van der Waals surface area contributed by atoms with Crippen molar-refractivity contribution < 1.29 is 4.74 Å². The fraction of sp³-hybridized carbons (Fsp3) is 1.00. The van der Waals surface area contributed by atoms with Gasteiger partial charge in [0.1, 0.15) is 0 Å². The maximum Gasteiger partial charge on any atom is 0.0477 e. The van der Waals surface area contributed by atoms with Crippen molar-refractivity contribution in [2.24, 2.45) is 5.73 Å². The van der Waals surface area contributed by atoms with Crippen molar-refractivity contribution in [2.75, 3.05) is 26.8 Å². The van der Waals surface area contributed by atoms with Gasteiger partial charge in [-0.05, 0) is 26.2 Å². The molecule has 0 amide bonds. The summed E-state index contributed by atoms with van der Waals surface area (Å²) in [4.78, 5) is 2.53. The summed E-state index contributed by atoms with van der Waals surface area (Å²) in [7, 11) is 1.76. The van der Waals surface area contributed by atoms with Gasteiger partial charge in [0.2, 0.25) is 0 Å². The molecule has 0 radical (unpaired) electrons. The SMILES string of the molecule is CCC(CC)N(CCN)C(C)CCOC. The molecule has 1 unspecified atom stereocenters. The van der Waals surface area contributed by atoms with E-state index < -0.39 is 0 Å². The third-order valence-electron chi connectivity index (χ3n) is 3.10. The Balaban J connectivity index is 4.20. The molecule has 0 aliphatic heterocycles. The van der Waals surface area contributed by atoms with Crippen molar-refractivity contribution >= 4 is 0 Å². The number of hydrogen-bond acceptors (Lipinski definition) is 3. The summed E-state index contributed by atoms with van der Waals surface area (Å²) in [6, 6.07) is 1.24. The fourth-order valence-electron chi connectivity index (χ4n) is 2.12. The molecule has 0 bridgehead atoms. The van der Waals surface area contributed by atoms with Gasteiger partial charge in [-0.1, -0.05) is 13.8 Å². The first-order chi connectivity index (χ1) is 7.21. The van der Waals surface area contributed by atoms with Gasteiger partial charge in [0, 0.05) is 38.9 Å². The van der Waals surface area contributed by atoms with Crippen molar-refractivity contribution in [1.82, 2.24) is 4.90 Å². The third kappa shape index (κ3) is 5.50. The van der Waals surface area contributed by atoms with Crippen LogP contribution in [0.5, 0.6) is 0 Å². The molecule has 0 fully saturated rings. The first kappa shape index (κ1) is 14.9. The number of nitrogens with two attached hydrogens (primary N) is 1. The molecular weight excluding hydrogens is 188 g/mol. The predicted octanol–water partition coefficient (Wildman–Crippen LogP) is 1.86. The zero-order chi connectivity index (χ0) is 11.7. The van der Waals surface area contributed by atoms with Crippen molar-refractivity contribution in [3.63, 3.8) is 0 Å². The fourth-order valence-corrected chi connectivity index (χ4v) is 2.12. The zero-order valence-corrected chi connectivity index (χ0v) is 10.8. The highest BCUT2D eigenvalue weighted by molar-refractivity contribution is 4.75. The standard InChI is InChI=1S/C12H28N2O/c1-5-12(6-2)14(9-8-13)11(3)7-10-15-4/h11-12H,5-10,13H2,1-4H3. The molecule has 3 heteroatoms. The smallest absolute Gasteiger partial charge is 0.0477 e. The molecule has 2 N–H and O–H groups in total. The van der Waals surface area contributed by atoms with E-state index in [9.17, 15) is 0 Å². The quantitative estimate of drug-likeness (QED) is 0.639. The number of rotatable bonds is 9. The van der Waals surface area contributed by atoms with Gasteiger partial charge < -0.3 is 10.5 Å². The highest BCUT2D eigenvalue weighted by atomic mass is 16.5. The monoisotopic (exact) mass is 216 g/mol. The third-order valence-corrected chi connectivity index (χ3v) is 3.10. The van der Waals surface area contributed by atoms with Crippen LogP contribution in [0.15, 0.2) is 0 Å². The summed E-state index contributed by atoms with van der Waals surface area (Å²) in [5.41, 5.74) is 5.67. The molecule has 0 rings (SSSR count). The van der Waals surface area contributed by atoms with E-state index in [1.165, 1.54) is 12.8 Å². The van der Waals surface area contributed by atoms with Gasteiger partial charge in [0.05, 0.1) is 0 Å². The minimum atomic E-state index is 0.568.